The molecule has 4 aromatic rings. The zero-order valence-corrected chi connectivity index (χ0v) is 18.8. The molecule has 0 bridgehead atoms. The maximum Gasteiger partial charge on any atom is 0.224 e. The van der Waals surface area contributed by atoms with E-state index in [1.165, 1.54) is 0 Å². The topological polar surface area (TPSA) is 56.1 Å². The van der Waals surface area contributed by atoms with Gasteiger partial charge in [0, 0.05) is 18.0 Å². The number of fused-ring (bicyclic) bond motifs is 1. The molecule has 1 aromatic heterocycles. The largest absolute Gasteiger partial charge is 0.492 e. The number of ether oxygens (including phenoxy) is 1. The molecule has 0 aliphatic heterocycles. The van der Waals surface area contributed by atoms with Crippen LogP contribution in [0.15, 0.2) is 72.8 Å². The second kappa shape index (κ2) is 10.3. The second-order valence-corrected chi connectivity index (χ2v) is 8.10. The lowest BCUT2D eigenvalue weighted by atomic mass is 10.1. The summed E-state index contributed by atoms with van der Waals surface area (Å²) < 4.78 is 8.12. The van der Waals surface area contributed by atoms with Gasteiger partial charge in [-0.3, -0.25) is 4.79 Å². The summed E-state index contributed by atoms with van der Waals surface area (Å²) >= 11 is 6.10. The number of halogens is 1. The molecular formula is C26H26ClN3O2. The van der Waals surface area contributed by atoms with Crippen molar-refractivity contribution >= 4 is 28.5 Å². The highest BCUT2D eigenvalue weighted by Crippen LogP contribution is 2.21. The van der Waals surface area contributed by atoms with Crippen LogP contribution >= 0.6 is 11.6 Å². The number of hydrogen-bond acceptors (Lipinski definition) is 3. The molecule has 0 aliphatic rings. The van der Waals surface area contributed by atoms with Crippen molar-refractivity contribution < 1.29 is 9.53 Å². The van der Waals surface area contributed by atoms with Gasteiger partial charge in [-0.05, 0) is 48.4 Å². The van der Waals surface area contributed by atoms with Crippen LogP contribution in [-0.4, -0.2) is 28.6 Å². The number of nitrogens with one attached hydrogen (secondary N) is 1. The van der Waals surface area contributed by atoms with Crippen LogP contribution in [-0.2, 0) is 24.2 Å². The van der Waals surface area contributed by atoms with Crippen LogP contribution in [0.2, 0.25) is 5.02 Å². The van der Waals surface area contributed by atoms with Gasteiger partial charge in [0.2, 0.25) is 5.91 Å². The quantitative estimate of drug-likeness (QED) is 0.393. The molecule has 164 valence electrons. The number of aryl methyl sites for hydroxylation is 1. The third kappa shape index (κ3) is 5.48. The number of benzene rings is 3. The highest BCUT2D eigenvalue weighted by atomic mass is 35.5. The summed E-state index contributed by atoms with van der Waals surface area (Å²) in [5.74, 6) is 1.74. The minimum absolute atomic E-state index is 0.0142. The van der Waals surface area contributed by atoms with E-state index in [4.69, 9.17) is 21.3 Å². The van der Waals surface area contributed by atoms with E-state index >= 15 is 0 Å². The average molecular weight is 448 g/mol. The van der Waals surface area contributed by atoms with Gasteiger partial charge in [-0.2, -0.15) is 0 Å². The minimum Gasteiger partial charge on any atom is -0.492 e. The Morgan fingerprint density at radius 3 is 2.66 bits per heavy atom. The Kier molecular flexibility index (Phi) is 7.07. The number of amides is 1. The Hall–Kier alpha value is -3.31. The van der Waals surface area contributed by atoms with E-state index in [2.05, 4.69) is 16.0 Å². The van der Waals surface area contributed by atoms with E-state index in [0.717, 1.165) is 38.8 Å². The molecule has 0 radical (unpaired) electrons. The Labute approximate surface area is 193 Å². The molecule has 0 saturated heterocycles. The predicted octanol–water partition coefficient (Wildman–Crippen LogP) is 4.98. The van der Waals surface area contributed by atoms with E-state index in [1.54, 1.807) is 0 Å². The molecule has 0 fully saturated rings. The fourth-order valence-corrected chi connectivity index (χ4v) is 3.80. The van der Waals surface area contributed by atoms with Crippen molar-refractivity contribution in [1.29, 1.82) is 0 Å². The Morgan fingerprint density at radius 1 is 1.06 bits per heavy atom. The Morgan fingerprint density at radius 2 is 1.84 bits per heavy atom. The number of hydrogen-bond donors (Lipinski definition) is 1. The summed E-state index contributed by atoms with van der Waals surface area (Å²) in [6.45, 7) is 3.67. The molecule has 4 rings (SSSR count). The van der Waals surface area contributed by atoms with Crippen LogP contribution in [0.1, 0.15) is 17.0 Å². The molecule has 32 heavy (non-hydrogen) atoms. The number of carbonyl (C=O) groups is 1. The smallest absolute Gasteiger partial charge is 0.224 e. The van der Waals surface area contributed by atoms with Crippen LogP contribution in [0.3, 0.4) is 0 Å². The minimum atomic E-state index is 0.0142. The van der Waals surface area contributed by atoms with Gasteiger partial charge in [0.25, 0.3) is 0 Å². The molecule has 0 atom stereocenters. The normalized spacial score (nSPS) is 10.9. The van der Waals surface area contributed by atoms with E-state index in [0.29, 0.717) is 32.5 Å². The van der Waals surface area contributed by atoms with E-state index in [1.807, 2.05) is 73.7 Å². The lowest BCUT2D eigenvalue weighted by Crippen LogP contribution is -2.28. The zero-order valence-electron chi connectivity index (χ0n) is 18.1. The first-order valence-electron chi connectivity index (χ1n) is 10.7. The molecule has 0 saturated carbocycles. The number of aromatic nitrogens is 2. The van der Waals surface area contributed by atoms with Gasteiger partial charge in [0.1, 0.15) is 18.2 Å². The first-order chi connectivity index (χ1) is 15.6. The van der Waals surface area contributed by atoms with Crippen LogP contribution in [0.5, 0.6) is 5.75 Å². The highest BCUT2D eigenvalue weighted by molar-refractivity contribution is 6.31. The first kappa shape index (κ1) is 21.9. The summed E-state index contributed by atoms with van der Waals surface area (Å²) in [4.78, 5) is 17.1. The maximum absolute atomic E-state index is 12.3. The Bertz CT molecular complexity index is 1200. The van der Waals surface area contributed by atoms with Crippen LogP contribution < -0.4 is 10.1 Å². The number of imidazole rings is 1. The van der Waals surface area contributed by atoms with Crippen molar-refractivity contribution in [3.05, 3.63) is 94.8 Å². The summed E-state index contributed by atoms with van der Waals surface area (Å²) in [5.41, 5.74) is 4.01. The third-order valence-electron chi connectivity index (χ3n) is 5.32. The van der Waals surface area contributed by atoms with Gasteiger partial charge in [0.05, 0.1) is 24.0 Å². The predicted molar refractivity (Wildman–Crippen MR) is 128 cm³/mol. The van der Waals surface area contributed by atoms with E-state index in [-0.39, 0.29) is 5.91 Å². The van der Waals surface area contributed by atoms with Gasteiger partial charge in [-0.1, -0.05) is 54.1 Å². The standard InChI is InChI=1S/C26H26ClN3O2/c1-19-17-21(11-12-22(19)27)32-16-15-30-24-10-6-5-9-23(24)29-25(30)13-14-28-26(31)18-20-7-3-2-4-8-20/h2-12,17H,13-16,18H2,1H3,(H,28,31). The van der Waals surface area contributed by atoms with Gasteiger partial charge in [0.15, 0.2) is 0 Å². The molecule has 0 aliphatic carbocycles. The Balaban J connectivity index is 1.38. The molecule has 3 aromatic carbocycles. The van der Waals surface area contributed by atoms with E-state index < -0.39 is 0 Å². The van der Waals surface area contributed by atoms with Gasteiger partial charge in [-0.15, -0.1) is 0 Å². The average Bonchev–Trinajstić information content (AvgIpc) is 3.14. The van der Waals surface area contributed by atoms with Crippen molar-refractivity contribution in [2.75, 3.05) is 13.2 Å². The van der Waals surface area contributed by atoms with E-state index in [9.17, 15) is 4.79 Å². The van der Waals surface area contributed by atoms with Gasteiger partial charge >= 0.3 is 0 Å². The zero-order chi connectivity index (χ0) is 22.3. The number of nitrogens with zero attached hydrogens (tertiary/aromatic N) is 2. The van der Waals surface area contributed by atoms with Gasteiger partial charge < -0.3 is 14.6 Å². The van der Waals surface area contributed by atoms with Crippen molar-refractivity contribution in [3.63, 3.8) is 0 Å². The summed E-state index contributed by atoms with van der Waals surface area (Å²) in [6, 6.07) is 23.5. The summed E-state index contributed by atoms with van der Waals surface area (Å²) in [5, 5.41) is 3.74. The monoisotopic (exact) mass is 447 g/mol. The highest BCUT2D eigenvalue weighted by Gasteiger charge is 2.11. The van der Waals surface area contributed by atoms with Crippen molar-refractivity contribution in [3.8, 4) is 5.75 Å². The fourth-order valence-electron chi connectivity index (χ4n) is 3.68. The number of carbonyl (C=O) groups excluding carboxylic acids is 1. The first-order valence-corrected chi connectivity index (χ1v) is 11.1. The van der Waals surface area contributed by atoms with Crippen LogP contribution in [0.4, 0.5) is 0 Å². The molecule has 1 heterocycles. The lowest BCUT2D eigenvalue weighted by molar-refractivity contribution is -0.120. The third-order valence-corrected chi connectivity index (χ3v) is 5.75. The lowest BCUT2D eigenvalue weighted by Gasteiger charge is -2.12. The second-order valence-electron chi connectivity index (χ2n) is 7.69. The SMILES string of the molecule is Cc1cc(OCCn2c(CCNC(=O)Cc3ccccc3)nc3ccccc32)ccc1Cl. The number of rotatable bonds is 9. The van der Waals surface area contributed by atoms with Gasteiger partial charge in [-0.25, -0.2) is 4.98 Å². The molecular weight excluding hydrogens is 422 g/mol. The maximum atomic E-state index is 12.3. The molecule has 1 N–H and O–H groups in total. The fraction of sp³-hybridized carbons (Fsp3) is 0.231. The number of para-hydroxylation sites is 2. The molecule has 5 nitrogen and oxygen atoms in total. The molecule has 0 spiro atoms. The van der Waals surface area contributed by atoms with Crippen LogP contribution in [0.25, 0.3) is 11.0 Å². The van der Waals surface area contributed by atoms with Crippen molar-refractivity contribution in [2.45, 2.75) is 26.3 Å². The molecule has 0 unspecified atom stereocenters. The van der Waals surface area contributed by atoms with Crippen LogP contribution in [0, 0.1) is 6.92 Å². The summed E-state index contributed by atoms with van der Waals surface area (Å²) in [7, 11) is 0. The summed E-state index contributed by atoms with van der Waals surface area (Å²) in [6.07, 6.45) is 1.03. The molecule has 6 heteroatoms. The molecule has 1 amide bonds. The van der Waals surface area contributed by atoms with Crippen molar-refractivity contribution in [2.24, 2.45) is 0 Å². The van der Waals surface area contributed by atoms with Crippen molar-refractivity contribution in [1.82, 2.24) is 14.9 Å².